The van der Waals surface area contributed by atoms with Crippen molar-refractivity contribution in [1.82, 2.24) is 20.6 Å². The molecule has 2 aromatic carbocycles. The number of tetrazole rings is 1. The molecule has 3 aromatic rings. The predicted molar refractivity (Wildman–Crippen MR) is 98.1 cm³/mol. The number of rotatable bonds is 6. The van der Waals surface area contributed by atoms with Crippen LogP contribution in [0.2, 0.25) is 0 Å². The zero-order chi connectivity index (χ0) is 18.9. The zero-order valence-corrected chi connectivity index (χ0v) is 14.1. The van der Waals surface area contributed by atoms with E-state index in [1.54, 1.807) is 24.3 Å². The molecule has 0 fully saturated rings. The summed E-state index contributed by atoms with van der Waals surface area (Å²) in [4.78, 5) is 11.9. The summed E-state index contributed by atoms with van der Waals surface area (Å²) in [6, 6.07) is 18.3. The molecule has 27 heavy (non-hydrogen) atoms. The van der Waals surface area contributed by atoms with Gasteiger partial charge in [-0.25, -0.2) is 4.79 Å². The molecule has 0 atom stereocenters. The first-order valence-corrected chi connectivity index (χ1v) is 7.93. The van der Waals surface area contributed by atoms with Gasteiger partial charge in [-0.15, -0.1) is 10.2 Å². The maximum Gasteiger partial charge on any atom is 0.411 e. The standard InChI is InChI=1S/C18H15N7O2/c19-10-14(17-22-24-25-23-17)11-20-15-7-4-8-16(9-15)21-18(26)27-12-13-5-2-1-3-6-13/h1-9,11,20H,12H2,(H,21,26)(H,22,23,24,25). The van der Waals surface area contributed by atoms with Gasteiger partial charge in [-0.3, -0.25) is 5.32 Å². The molecule has 1 amide bonds. The number of amides is 1. The van der Waals surface area contributed by atoms with Crippen molar-refractivity contribution in [2.24, 2.45) is 0 Å². The molecule has 9 nitrogen and oxygen atoms in total. The van der Waals surface area contributed by atoms with Gasteiger partial charge < -0.3 is 10.1 Å². The maximum absolute atomic E-state index is 11.9. The van der Waals surface area contributed by atoms with Crippen LogP contribution in [-0.4, -0.2) is 26.7 Å². The van der Waals surface area contributed by atoms with Gasteiger partial charge >= 0.3 is 6.09 Å². The lowest BCUT2D eigenvalue weighted by Crippen LogP contribution is -2.13. The highest BCUT2D eigenvalue weighted by Gasteiger charge is 2.06. The highest BCUT2D eigenvalue weighted by atomic mass is 16.5. The Morgan fingerprint density at radius 1 is 1.19 bits per heavy atom. The van der Waals surface area contributed by atoms with E-state index in [1.807, 2.05) is 36.4 Å². The quantitative estimate of drug-likeness (QED) is 0.576. The van der Waals surface area contributed by atoms with Crippen LogP contribution in [0.5, 0.6) is 0 Å². The van der Waals surface area contributed by atoms with Gasteiger partial charge in [0.15, 0.2) is 0 Å². The van der Waals surface area contributed by atoms with Crippen molar-refractivity contribution < 1.29 is 9.53 Å². The number of aromatic amines is 1. The lowest BCUT2D eigenvalue weighted by molar-refractivity contribution is 0.155. The van der Waals surface area contributed by atoms with Gasteiger partial charge in [0.1, 0.15) is 18.2 Å². The fourth-order valence-electron chi connectivity index (χ4n) is 2.14. The minimum atomic E-state index is -0.559. The molecular formula is C18H15N7O2. The Morgan fingerprint density at radius 3 is 2.74 bits per heavy atom. The summed E-state index contributed by atoms with van der Waals surface area (Å²) in [5, 5.41) is 28.0. The van der Waals surface area contributed by atoms with Gasteiger partial charge in [-0.05, 0) is 29.0 Å². The van der Waals surface area contributed by atoms with Crippen LogP contribution < -0.4 is 10.6 Å². The summed E-state index contributed by atoms with van der Waals surface area (Å²) in [6.45, 7) is 0.184. The number of allylic oxidation sites excluding steroid dienone is 1. The number of ether oxygens (including phenoxy) is 1. The average Bonchev–Trinajstić information content (AvgIpc) is 3.23. The number of nitriles is 1. The lowest BCUT2D eigenvalue weighted by Gasteiger charge is -2.08. The molecule has 1 heterocycles. The summed E-state index contributed by atoms with van der Waals surface area (Å²) in [5.74, 6) is 0.184. The Kier molecular flexibility index (Phi) is 5.73. The first-order chi connectivity index (χ1) is 13.2. The van der Waals surface area contributed by atoms with Gasteiger partial charge in [0, 0.05) is 17.6 Å². The number of anilines is 2. The van der Waals surface area contributed by atoms with E-state index < -0.39 is 6.09 Å². The highest BCUT2D eigenvalue weighted by Crippen LogP contribution is 2.17. The summed E-state index contributed by atoms with van der Waals surface area (Å²) >= 11 is 0. The second-order valence-electron chi connectivity index (χ2n) is 5.32. The van der Waals surface area contributed by atoms with Crippen molar-refractivity contribution in [3.63, 3.8) is 0 Å². The van der Waals surface area contributed by atoms with Crippen LogP contribution in [0.1, 0.15) is 11.4 Å². The molecule has 0 aliphatic heterocycles. The number of benzene rings is 2. The van der Waals surface area contributed by atoms with Gasteiger partial charge in [0.25, 0.3) is 0 Å². The highest BCUT2D eigenvalue weighted by molar-refractivity contribution is 5.85. The molecule has 0 saturated heterocycles. The molecular weight excluding hydrogens is 346 g/mol. The topological polar surface area (TPSA) is 129 Å². The molecule has 9 heteroatoms. The number of carbonyl (C=O) groups is 1. The number of hydrogen-bond acceptors (Lipinski definition) is 7. The molecule has 0 aliphatic rings. The molecule has 1 aromatic heterocycles. The number of nitrogens with zero attached hydrogens (tertiary/aromatic N) is 4. The third-order valence-corrected chi connectivity index (χ3v) is 3.41. The maximum atomic E-state index is 11.9. The molecule has 0 aliphatic carbocycles. The van der Waals surface area contributed by atoms with Crippen LogP contribution in [0.3, 0.4) is 0 Å². The second kappa shape index (κ2) is 8.77. The molecule has 0 spiro atoms. The minimum absolute atomic E-state index is 0.184. The van der Waals surface area contributed by atoms with Crippen LogP contribution in [0.15, 0.2) is 60.8 Å². The number of hydrogen-bond donors (Lipinski definition) is 3. The molecule has 0 saturated carbocycles. The first kappa shape index (κ1) is 17.6. The van der Waals surface area contributed by atoms with Gasteiger partial charge in [-0.2, -0.15) is 10.5 Å². The number of nitrogens with one attached hydrogen (secondary N) is 3. The lowest BCUT2D eigenvalue weighted by atomic mass is 10.2. The summed E-state index contributed by atoms with van der Waals surface area (Å²) in [7, 11) is 0. The van der Waals surface area contributed by atoms with Gasteiger partial charge in [0.2, 0.25) is 5.82 Å². The van der Waals surface area contributed by atoms with Crippen molar-refractivity contribution in [1.29, 1.82) is 5.26 Å². The first-order valence-electron chi connectivity index (χ1n) is 7.93. The Balaban J connectivity index is 1.58. The molecule has 3 N–H and O–H groups in total. The number of H-pyrrole nitrogens is 1. The smallest absolute Gasteiger partial charge is 0.411 e. The van der Waals surface area contributed by atoms with E-state index in [4.69, 9.17) is 10.00 Å². The van der Waals surface area contributed by atoms with Crippen LogP contribution in [0.25, 0.3) is 5.57 Å². The van der Waals surface area contributed by atoms with Gasteiger partial charge in [-0.1, -0.05) is 36.4 Å². The van der Waals surface area contributed by atoms with Gasteiger partial charge in [0.05, 0.1) is 0 Å². The average molecular weight is 361 g/mol. The van der Waals surface area contributed by atoms with E-state index in [-0.39, 0.29) is 18.0 Å². The van der Waals surface area contributed by atoms with Crippen LogP contribution in [0, 0.1) is 11.3 Å². The Labute approximate surface area is 154 Å². The SMILES string of the molecule is N#CC(=CNc1cccc(NC(=O)OCc2ccccc2)c1)c1nn[nH]n1. The number of carbonyl (C=O) groups excluding carboxylic acids is 1. The van der Waals surface area contributed by atoms with E-state index in [2.05, 4.69) is 31.3 Å². The van der Waals surface area contributed by atoms with Crippen molar-refractivity contribution in [2.45, 2.75) is 6.61 Å². The Morgan fingerprint density at radius 2 is 2.00 bits per heavy atom. The van der Waals surface area contributed by atoms with E-state index in [9.17, 15) is 4.79 Å². The van der Waals surface area contributed by atoms with Crippen LogP contribution in [-0.2, 0) is 11.3 Å². The van der Waals surface area contributed by atoms with E-state index in [0.717, 1.165) is 5.56 Å². The summed E-state index contributed by atoms with van der Waals surface area (Å²) in [5.41, 5.74) is 2.32. The van der Waals surface area contributed by atoms with Crippen molar-refractivity contribution >= 4 is 23.0 Å². The summed E-state index contributed by atoms with van der Waals surface area (Å²) < 4.78 is 5.18. The second-order valence-corrected chi connectivity index (χ2v) is 5.32. The summed E-state index contributed by atoms with van der Waals surface area (Å²) in [6.07, 6.45) is 0.897. The molecule has 3 rings (SSSR count). The minimum Gasteiger partial charge on any atom is -0.444 e. The Hall–Kier alpha value is -4.19. The molecule has 0 bridgehead atoms. The van der Waals surface area contributed by atoms with Crippen molar-refractivity contribution in [3.05, 3.63) is 72.2 Å². The monoisotopic (exact) mass is 361 g/mol. The van der Waals surface area contributed by atoms with Crippen molar-refractivity contribution in [3.8, 4) is 6.07 Å². The van der Waals surface area contributed by atoms with E-state index in [1.165, 1.54) is 6.20 Å². The third kappa shape index (κ3) is 5.14. The number of aromatic nitrogens is 4. The molecule has 134 valence electrons. The molecule has 0 unspecified atom stereocenters. The Bertz CT molecular complexity index is 963. The van der Waals surface area contributed by atoms with Crippen molar-refractivity contribution in [2.75, 3.05) is 10.6 Å². The normalized spacial score (nSPS) is 10.7. The third-order valence-electron chi connectivity index (χ3n) is 3.41. The zero-order valence-electron chi connectivity index (χ0n) is 14.1. The van der Waals surface area contributed by atoms with Crippen LogP contribution >= 0.6 is 0 Å². The van der Waals surface area contributed by atoms with E-state index in [0.29, 0.717) is 11.4 Å². The predicted octanol–water partition coefficient (Wildman–Crippen LogP) is 2.92. The van der Waals surface area contributed by atoms with E-state index >= 15 is 0 Å². The molecule has 0 radical (unpaired) electrons. The largest absolute Gasteiger partial charge is 0.444 e. The fourth-order valence-corrected chi connectivity index (χ4v) is 2.14. The van der Waals surface area contributed by atoms with Crippen LogP contribution in [0.4, 0.5) is 16.2 Å². The fraction of sp³-hybridized carbons (Fsp3) is 0.0556.